The highest BCUT2D eigenvalue weighted by Crippen LogP contribution is 2.30. The molecule has 1 N–H and O–H groups in total. The first-order chi connectivity index (χ1) is 9.86. The number of rotatable bonds is 4. The van der Waals surface area contributed by atoms with Gasteiger partial charge in [0.25, 0.3) is 0 Å². The summed E-state index contributed by atoms with van der Waals surface area (Å²) in [5.74, 6) is 0.557. The lowest BCUT2D eigenvalue weighted by molar-refractivity contribution is 0.239. The number of benzene rings is 1. The van der Waals surface area contributed by atoms with E-state index in [1.165, 1.54) is 22.9 Å². The number of sulfonamides is 1. The van der Waals surface area contributed by atoms with Gasteiger partial charge in [-0.1, -0.05) is 37.4 Å². The first kappa shape index (κ1) is 16.7. The number of hydrogen-bond acceptors (Lipinski definition) is 3. The molecule has 1 aliphatic carbocycles. The monoisotopic (exact) mass is 331 g/mol. The van der Waals surface area contributed by atoms with E-state index in [1.54, 1.807) is 13.1 Å². The topological polar surface area (TPSA) is 57.6 Å². The molecule has 0 spiro atoms. The summed E-state index contributed by atoms with van der Waals surface area (Å²) in [5.41, 5.74) is 0.532. The van der Waals surface area contributed by atoms with Crippen LogP contribution in [0.5, 0.6) is 0 Å². The van der Waals surface area contributed by atoms with Crippen molar-refractivity contribution in [2.45, 2.75) is 50.2 Å². The summed E-state index contributed by atoms with van der Waals surface area (Å²) in [4.78, 5) is 0.186. The molecule has 0 aromatic heterocycles. The average Bonchev–Trinajstić information content (AvgIpc) is 2.46. The first-order valence-corrected chi connectivity index (χ1v) is 9.05. The Morgan fingerprint density at radius 3 is 2.67 bits per heavy atom. The van der Waals surface area contributed by atoms with Gasteiger partial charge in [0.1, 0.15) is 0 Å². The maximum absolute atomic E-state index is 12.7. The quantitative estimate of drug-likeness (QED) is 0.922. The van der Waals surface area contributed by atoms with Crippen LogP contribution in [0.2, 0.25) is 5.02 Å². The largest absolute Gasteiger partial charge is 0.392 e. The molecular formula is C15H22ClNO3S. The normalized spacial score (nSPS) is 23.5. The Hall–Kier alpha value is -0.620. The van der Waals surface area contributed by atoms with Crippen LogP contribution in [0, 0.1) is 5.92 Å². The van der Waals surface area contributed by atoms with Gasteiger partial charge in [-0.2, -0.15) is 4.31 Å². The number of aliphatic hydroxyl groups excluding tert-OH is 1. The van der Waals surface area contributed by atoms with Crippen LogP contribution in [0.15, 0.2) is 23.1 Å². The van der Waals surface area contributed by atoms with E-state index < -0.39 is 10.0 Å². The SMILES string of the molecule is CC1CCCC(N(C)S(=O)(=O)c2ccc(CO)c(Cl)c2)C1. The van der Waals surface area contributed by atoms with Gasteiger partial charge < -0.3 is 5.11 Å². The molecule has 0 saturated heterocycles. The standard InChI is InChI=1S/C15H22ClNO3S/c1-11-4-3-5-13(8-11)17(2)21(19,20)14-7-6-12(10-18)15(16)9-14/h6-7,9,11,13,18H,3-5,8,10H2,1-2H3. The minimum Gasteiger partial charge on any atom is -0.392 e. The van der Waals surface area contributed by atoms with Crippen molar-refractivity contribution in [3.05, 3.63) is 28.8 Å². The Morgan fingerprint density at radius 1 is 1.38 bits per heavy atom. The van der Waals surface area contributed by atoms with Gasteiger partial charge in [0.2, 0.25) is 10.0 Å². The van der Waals surface area contributed by atoms with E-state index in [2.05, 4.69) is 6.92 Å². The summed E-state index contributed by atoms with van der Waals surface area (Å²) in [7, 11) is -1.90. The number of nitrogens with zero attached hydrogens (tertiary/aromatic N) is 1. The minimum absolute atomic E-state index is 0.0510. The summed E-state index contributed by atoms with van der Waals surface area (Å²) < 4.78 is 26.9. The van der Waals surface area contributed by atoms with Crippen LogP contribution in [0.3, 0.4) is 0 Å². The van der Waals surface area contributed by atoms with Crippen molar-refractivity contribution in [1.82, 2.24) is 4.31 Å². The lowest BCUT2D eigenvalue weighted by atomic mass is 9.87. The molecular weight excluding hydrogens is 310 g/mol. The highest BCUT2D eigenvalue weighted by Gasteiger charge is 2.31. The molecule has 0 bridgehead atoms. The molecule has 1 fully saturated rings. The van der Waals surface area contributed by atoms with Crippen molar-refractivity contribution in [3.63, 3.8) is 0 Å². The van der Waals surface area contributed by atoms with Gasteiger partial charge in [-0.15, -0.1) is 0 Å². The second-order valence-electron chi connectivity index (χ2n) is 5.86. The van der Waals surface area contributed by atoms with Crippen molar-refractivity contribution in [2.75, 3.05) is 7.05 Å². The molecule has 1 saturated carbocycles. The molecule has 118 valence electrons. The predicted molar refractivity (Wildman–Crippen MR) is 83.7 cm³/mol. The van der Waals surface area contributed by atoms with E-state index in [9.17, 15) is 8.42 Å². The van der Waals surface area contributed by atoms with E-state index in [4.69, 9.17) is 16.7 Å². The van der Waals surface area contributed by atoms with Crippen LogP contribution in [-0.4, -0.2) is 30.9 Å². The molecule has 0 heterocycles. The average molecular weight is 332 g/mol. The van der Waals surface area contributed by atoms with Gasteiger partial charge in [-0.05, 0) is 36.5 Å². The lowest BCUT2D eigenvalue weighted by Gasteiger charge is -2.33. The van der Waals surface area contributed by atoms with Crippen molar-refractivity contribution in [3.8, 4) is 0 Å². The maximum Gasteiger partial charge on any atom is 0.243 e. The maximum atomic E-state index is 12.7. The summed E-state index contributed by atoms with van der Waals surface area (Å²) in [6.07, 6.45) is 4.04. The highest BCUT2D eigenvalue weighted by atomic mass is 35.5. The third-order valence-electron chi connectivity index (χ3n) is 4.29. The van der Waals surface area contributed by atoms with Gasteiger partial charge in [-0.3, -0.25) is 0 Å². The molecule has 2 atom stereocenters. The lowest BCUT2D eigenvalue weighted by Crippen LogP contribution is -2.39. The Morgan fingerprint density at radius 2 is 2.10 bits per heavy atom. The molecule has 1 aliphatic rings. The van der Waals surface area contributed by atoms with Crippen molar-refractivity contribution in [2.24, 2.45) is 5.92 Å². The second kappa shape index (κ2) is 6.65. The summed E-state index contributed by atoms with van der Waals surface area (Å²) in [5, 5.41) is 9.39. The fraction of sp³-hybridized carbons (Fsp3) is 0.600. The molecule has 0 aliphatic heterocycles. The third kappa shape index (κ3) is 3.59. The van der Waals surface area contributed by atoms with Crippen LogP contribution < -0.4 is 0 Å². The fourth-order valence-corrected chi connectivity index (χ4v) is 4.64. The Bertz CT molecular complexity index is 603. The van der Waals surface area contributed by atoms with Gasteiger partial charge in [0.15, 0.2) is 0 Å². The predicted octanol–water partition coefficient (Wildman–Crippen LogP) is 3.03. The Labute approximate surface area is 131 Å². The van der Waals surface area contributed by atoms with Gasteiger partial charge >= 0.3 is 0 Å². The zero-order valence-electron chi connectivity index (χ0n) is 12.4. The van der Waals surface area contributed by atoms with Crippen LogP contribution in [0.1, 0.15) is 38.2 Å². The van der Waals surface area contributed by atoms with Crippen LogP contribution in [0.4, 0.5) is 0 Å². The zero-order valence-corrected chi connectivity index (χ0v) is 14.0. The van der Waals surface area contributed by atoms with Gasteiger partial charge in [0, 0.05) is 18.1 Å². The van der Waals surface area contributed by atoms with Crippen LogP contribution in [-0.2, 0) is 16.6 Å². The second-order valence-corrected chi connectivity index (χ2v) is 8.26. The molecule has 2 unspecified atom stereocenters. The van der Waals surface area contributed by atoms with E-state index in [0.29, 0.717) is 11.5 Å². The molecule has 21 heavy (non-hydrogen) atoms. The molecule has 6 heteroatoms. The van der Waals surface area contributed by atoms with E-state index in [1.807, 2.05) is 0 Å². The molecule has 4 nitrogen and oxygen atoms in total. The highest BCUT2D eigenvalue weighted by molar-refractivity contribution is 7.89. The van der Waals surface area contributed by atoms with Crippen molar-refractivity contribution < 1.29 is 13.5 Å². The number of hydrogen-bond donors (Lipinski definition) is 1. The number of aliphatic hydroxyl groups is 1. The fourth-order valence-electron chi connectivity index (χ4n) is 2.91. The van der Waals surface area contributed by atoms with Crippen LogP contribution in [0.25, 0.3) is 0 Å². The van der Waals surface area contributed by atoms with E-state index >= 15 is 0 Å². The van der Waals surface area contributed by atoms with Crippen LogP contribution >= 0.6 is 11.6 Å². The summed E-state index contributed by atoms with van der Waals surface area (Å²) in [6.45, 7) is 1.97. The number of halogens is 1. The molecule has 0 amide bonds. The first-order valence-electron chi connectivity index (χ1n) is 7.23. The van der Waals surface area contributed by atoms with E-state index in [0.717, 1.165) is 19.3 Å². The van der Waals surface area contributed by atoms with Gasteiger partial charge in [0.05, 0.1) is 11.5 Å². The molecule has 2 rings (SSSR count). The third-order valence-corrected chi connectivity index (χ3v) is 6.55. The van der Waals surface area contributed by atoms with Gasteiger partial charge in [-0.25, -0.2) is 8.42 Å². The Kier molecular flexibility index (Phi) is 5.30. The molecule has 1 aromatic carbocycles. The molecule has 0 radical (unpaired) electrons. The minimum atomic E-state index is -3.54. The smallest absolute Gasteiger partial charge is 0.243 e. The Balaban J connectivity index is 2.26. The van der Waals surface area contributed by atoms with Crippen molar-refractivity contribution in [1.29, 1.82) is 0 Å². The van der Waals surface area contributed by atoms with Crippen molar-refractivity contribution >= 4 is 21.6 Å². The zero-order chi connectivity index (χ0) is 15.6. The van der Waals surface area contributed by atoms with E-state index in [-0.39, 0.29) is 22.6 Å². The molecule has 1 aromatic rings. The summed E-state index contributed by atoms with van der Waals surface area (Å²) >= 11 is 6.01. The summed E-state index contributed by atoms with van der Waals surface area (Å²) in [6, 6.07) is 4.54.